The van der Waals surface area contributed by atoms with Crippen LogP contribution in [0.4, 0.5) is 17.2 Å². The van der Waals surface area contributed by atoms with Crippen LogP contribution in [0.2, 0.25) is 0 Å². The highest BCUT2D eigenvalue weighted by Gasteiger charge is 2.33. The minimum absolute atomic E-state index is 0. The number of aromatic nitrogens is 1. The molecule has 0 saturated heterocycles. The number of carbonyl (C=O) groups is 1. The van der Waals surface area contributed by atoms with E-state index in [1.54, 1.807) is 13.3 Å². The largest absolute Gasteiger partial charge is 0.381 e. The Hall–Kier alpha value is -3.32. The Balaban J connectivity index is 0.00000245. The van der Waals surface area contributed by atoms with Crippen LogP contribution in [0.3, 0.4) is 0 Å². The number of anilines is 3. The van der Waals surface area contributed by atoms with Crippen LogP contribution in [0.5, 0.6) is 0 Å². The van der Waals surface area contributed by atoms with E-state index in [2.05, 4.69) is 33.3 Å². The minimum Gasteiger partial charge on any atom is -0.381 e. The maximum Gasteiger partial charge on any atom is 0.230 e. The quantitative estimate of drug-likeness (QED) is 0.696. The summed E-state index contributed by atoms with van der Waals surface area (Å²) in [5.74, 6) is 0.998. The molecular formula is C24H29N5O2. The third-order valence-electron chi connectivity index (χ3n) is 6.37. The van der Waals surface area contributed by atoms with Crippen molar-refractivity contribution >= 4 is 28.7 Å². The Bertz CT molecular complexity index is 1050. The molecule has 0 unspecified atom stereocenters. The van der Waals surface area contributed by atoms with Gasteiger partial charge in [0.25, 0.3) is 0 Å². The average Bonchev–Trinajstić information content (AvgIpc) is 3.00. The van der Waals surface area contributed by atoms with Crippen LogP contribution < -0.4 is 21.1 Å². The standard InChI is InChI=1S/C24H27N5O2.H2/c1-31-20-7-4-16(5-8-20)24(30)29-15-19-3-2-11-25-23(19)28-21-9-6-17(13-22(21)29)18-10-12-26-27-14-18;/h2-3,6,9-14,16,20,26-27H,4-5,7-8,15H2,1H3,(H,25,28);1H. The Morgan fingerprint density at radius 3 is 2.84 bits per heavy atom. The number of carbonyl (C=O) groups excluding carboxylic acids is 1. The zero-order valence-electron chi connectivity index (χ0n) is 17.6. The van der Waals surface area contributed by atoms with Gasteiger partial charge in [-0.3, -0.25) is 4.79 Å². The van der Waals surface area contributed by atoms with Crippen LogP contribution >= 0.6 is 0 Å². The summed E-state index contributed by atoms with van der Waals surface area (Å²) in [7, 11) is 1.76. The van der Waals surface area contributed by atoms with Crippen molar-refractivity contribution in [1.29, 1.82) is 0 Å². The first-order valence-corrected chi connectivity index (χ1v) is 10.8. The maximum absolute atomic E-state index is 13.7. The molecule has 1 saturated carbocycles. The van der Waals surface area contributed by atoms with Gasteiger partial charge in [-0.2, -0.15) is 0 Å². The lowest BCUT2D eigenvalue weighted by atomic mass is 9.86. The highest BCUT2D eigenvalue weighted by Crippen LogP contribution is 2.39. The fourth-order valence-corrected chi connectivity index (χ4v) is 4.59. The fourth-order valence-electron chi connectivity index (χ4n) is 4.59. The first-order valence-electron chi connectivity index (χ1n) is 10.8. The molecule has 7 nitrogen and oxygen atoms in total. The van der Waals surface area contributed by atoms with E-state index in [1.165, 1.54) is 0 Å². The topological polar surface area (TPSA) is 78.5 Å². The second kappa shape index (κ2) is 8.43. The Labute approximate surface area is 183 Å². The van der Waals surface area contributed by atoms with Crippen molar-refractivity contribution in [2.75, 3.05) is 17.3 Å². The Kier molecular flexibility index (Phi) is 5.34. The van der Waals surface area contributed by atoms with Crippen LogP contribution in [0.25, 0.3) is 5.57 Å². The van der Waals surface area contributed by atoms with Gasteiger partial charge in [-0.1, -0.05) is 12.1 Å². The predicted octanol–water partition coefficient (Wildman–Crippen LogP) is 4.09. The van der Waals surface area contributed by atoms with Crippen molar-refractivity contribution < 1.29 is 11.0 Å². The predicted molar refractivity (Wildman–Crippen MR) is 123 cm³/mol. The van der Waals surface area contributed by atoms with E-state index in [4.69, 9.17) is 4.74 Å². The van der Waals surface area contributed by atoms with E-state index in [0.717, 1.165) is 59.6 Å². The fraction of sp³-hybridized carbons (Fsp3) is 0.333. The molecule has 3 N–H and O–H groups in total. The Morgan fingerprint density at radius 1 is 1.19 bits per heavy atom. The molecule has 31 heavy (non-hydrogen) atoms. The summed E-state index contributed by atoms with van der Waals surface area (Å²) in [5.41, 5.74) is 10.9. The second-order valence-corrected chi connectivity index (χ2v) is 8.22. The lowest BCUT2D eigenvalue weighted by molar-refractivity contribution is -0.124. The summed E-state index contributed by atoms with van der Waals surface area (Å²) in [6.07, 6.45) is 11.4. The normalized spacial score (nSPS) is 22.1. The molecule has 1 aromatic carbocycles. The molecule has 0 atom stereocenters. The molecule has 1 aromatic heterocycles. The van der Waals surface area contributed by atoms with Gasteiger partial charge in [-0.15, -0.1) is 0 Å². The number of pyridine rings is 1. The van der Waals surface area contributed by atoms with Gasteiger partial charge in [-0.05, 0) is 55.5 Å². The lowest BCUT2D eigenvalue weighted by Gasteiger charge is -2.32. The number of methoxy groups -OCH3 is 1. The zero-order valence-corrected chi connectivity index (χ0v) is 17.6. The van der Waals surface area contributed by atoms with Gasteiger partial charge in [0.15, 0.2) is 0 Å². The van der Waals surface area contributed by atoms with Gasteiger partial charge >= 0.3 is 0 Å². The van der Waals surface area contributed by atoms with Crippen molar-refractivity contribution in [2.45, 2.75) is 38.3 Å². The number of ether oxygens (including phenoxy) is 1. The molecular weight excluding hydrogens is 390 g/mol. The number of nitrogens with zero attached hydrogens (tertiary/aromatic N) is 2. The third-order valence-corrected chi connectivity index (χ3v) is 6.37. The lowest BCUT2D eigenvalue weighted by Crippen LogP contribution is -2.38. The van der Waals surface area contributed by atoms with Crippen molar-refractivity contribution in [1.82, 2.24) is 15.8 Å². The molecule has 7 heteroatoms. The smallest absolute Gasteiger partial charge is 0.230 e. The highest BCUT2D eigenvalue weighted by molar-refractivity contribution is 6.00. The average molecular weight is 420 g/mol. The summed E-state index contributed by atoms with van der Waals surface area (Å²) < 4.78 is 5.50. The number of allylic oxidation sites excluding steroid dienone is 2. The number of benzene rings is 1. The van der Waals surface area contributed by atoms with E-state index >= 15 is 0 Å². The van der Waals surface area contributed by atoms with Gasteiger partial charge in [0, 0.05) is 44.2 Å². The molecule has 0 spiro atoms. The summed E-state index contributed by atoms with van der Waals surface area (Å²) in [5, 5.41) is 3.45. The van der Waals surface area contributed by atoms with Gasteiger partial charge in [0.1, 0.15) is 5.82 Å². The van der Waals surface area contributed by atoms with E-state index in [1.807, 2.05) is 41.6 Å². The summed E-state index contributed by atoms with van der Waals surface area (Å²) in [4.78, 5) is 20.2. The summed E-state index contributed by atoms with van der Waals surface area (Å²) in [6, 6.07) is 10.1. The molecule has 3 aliphatic rings. The third kappa shape index (κ3) is 3.88. The number of rotatable bonds is 3. The molecule has 0 bridgehead atoms. The van der Waals surface area contributed by atoms with Crippen LogP contribution in [0, 0.1) is 5.92 Å². The Morgan fingerprint density at radius 2 is 2.06 bits per heavy atom. The molecule has 1 aliphatic carbocycles. The number of nitrogens with one attached hydrogen (secondary N) is 3. The first kappa shape index (κ1) is 19.6. The SMILES string of the molecule is COC1CCC(C(=O)N2Cc3cccnc3Nc3ccc(C4=CNNC=C4)cc32)CC1.[HH]. The maximum atomic E-state index is 13.7. The van der Waals surface area contributed by atoms with Crippen LogP contribution in [0.1, 0.15) is 38.2 Å². The van der Waals surface area contributed by atoms with Gasteiger partial charge < -0.3 is 25.8 Å². The number of hydrogen-bond donors (Lipinski definition) is 3. The summed E-state index contributed by atoms with van der Waals surface area (Å²) >= 11 is 0. The molecule has 1 amide bonds. The van der Waals surface area contributed by atoms with E-state index in [0.29, 0.717) is 6.54 Å². The van der Waals surface area contributed by atoms with Gasteiger partial charge in [0.2, 0.25) is 5.91 Å². The van der Waals surface area contributed by atoms with Gasteiger partial charge in [-0.25, -0.2) is 4.98 Å². The second-order valence-electron chi connectivity index (χ2n) is 8.22. The number of amides is 1. The molecule has 162 valence electrons. The van der Waals surface area contributed by atoms with Crippen LogP contribution in [-0.4, -0.2) is 24.1 Å². The first-order chi connectivity index (χ1) is 15.2. The van der Waals surface area contributed by atoms with Crippen molar-refractivity contribution in [3.8, 4) is 0 Å². The van der Waals surface area contributed by atoms with Crippen molar-refractivity contribution in [2.24, 2.45) is 5.92 Å². The van der Waals surface area contributed by atoms with E-state index < -0.39 is 0 Å². The van der Waals surface area contributed by atoms with Gasteiger partial charge in [0.05, 0.1) is 24.0 Å². The monoisotopic (exact) mass is 419 g/mol. The molecule has 2 aliphatic heterocycles. The van der Waals surface area contributed by atoms with Crippen LogP contribution in [-0.2, 0) is 16.1 Å². The van der Waals surface area contributed by atoms with Crippen LogP contribution in [0.15, 0.2) is 55.0 Å². The highest BCUT2D eigenvalue weighted by atomic mass is 16.5. The molecule has 3 heterocycles. The number of hydrogen-bond acceptors (Lipinski definition) is 6. The summed E-state index contributed by atoms with van der Waals surface area (Å²) in [6.45, 7) is 0.504. The van der Waals surface area contributed by atoms with E-state index in [-0.39, 0.29) is 19.4 Å². The minimum atomic E-state index is 0. The molecule has 5 rings (SSSR count). The molecule has 0 radical (unpaired) electrons. The number of fused-ring (bicyclic) bond motifs is 2. The number of hydrazine groups is 1. The molecule has 2 aromatic rings. The van der Waals surface area contributed by atoms with E-state index in [9.17, 15) is 4.79 Å². The van der Waals surface area contributed by atoms with Crippen molar-refractivity contribution in [3.63, 3.8) is 0 Å². The molecule has 1 fully saturated rings. The van der Waals surface area contributed by atoms with Crippen molar-refractivity contribution in [3.05, 3.63) is 66.1 Å². The zero-order chi connectivity index (χ0) is 21.2.